The van der Waals surface area contributed by atoms with Crippen LogP contribution >= 0.6 is 0 Å². The van der Waals surface area contributed by atoms with Gasteiger partial charge in [-0.1, -0.05) is 96.8 Å². The Balaban J connectivity index is 3.15. The van der Waals surface area contributed by atoms with Crippen molar-refractivity contribution in [2.45, 2.75) is 103 Å². The van der Waals surface area contributed by atoms with E-state index in [1.807, 2.05) is 6.07 Å². The highest BCUT2D eigenvalue weighted by Crippen LogP contribution is 2.14. The van der Waals surface area contributed by atoms with E-state index in [0.717, 1.165) is 12.8 Å². The molecule has 0 aromatic heterocycles. The van der Waals surface area contributed by atoms with Gasteiger partial charge in [0, 0.05) is 0 Å². The Hall–Kier alpha value is -1.04. The van der Waals surface area contributed by atoms with Crippen LogP contribution in [0.1, 0.15) is 103 Å². The first-order valence-corrected chi connectivity index (χ1v) is 9.34. The van der Waals surface area contributed by atoms with Gasteiger partial charge in [0.2, 0.25) is 0 Å². The first-order chi connectivity index (χ1) is 10.7. The van der Waals surface area contributed by atoms with Crippen molar-refractivity contribution in [3.05, 3.63) is 0 Å². The van der Waals surface area contributed by atoms with Gasteiger partial charge in [-0.25, -0.2) is 0 Å². The van der Waals surface area contributed by atoms with E-state index in [2.05, 4.69) is 6.92 Å². The van der Waals surface area contributed by atoms with Crippen LogP contribution < -0.4 is 0 Å². The quantitative estimate of drug-likeness (QED) is 0.351. The minimum absolute atomic E-state index is 0.504. The van der Waals surface area contributed by atoms with Crippen molar-refractivity contribution >= 4 is 5.97 Å². The summed E-state index contributed by atoms with van der Waals surface area (Å²) < 4.78 is 0. The zero-order chi connectivity index (χ0) is 16.5. The molecule has 0 saturated carbocycles. The maximum absolute atomic E-state index is 10.7. The summed E-state index contributed by atoms with van der Waals surface area (Å²) in [6.07, 6.45) is 18.6. The van der Waals surface area contributed by atoms with E-state index in [-0.39, 0.29) is 0 Å². The number of unbranched alkanes of at least 4 members (excludes halogenated alkanes) is 13. The number of hydrogen-bond acceptors (Lipinski definition) is 2. The van der Waals surface area contributed by atoms with Gasteiger partial charge >= 0.3 is 5.97 Å². The van der Waals surface area contributed by atoms with E-state index < -0.39 is 11.9 Å². The van der Waals surface area contributed by atoms with E-state index in [9.17, 15) is 4.79 Å². The lowest BCUT2D eigenvalue weighted by Gasteiger charge is -2.04. The molecule has 0 bridgehead atoms. The van der Waals surface area contributed by atoms with Gasteiger partial charge in [0.1, 0.15) is 5.92 Å². The van der Waals surface area contributed by atoms with E-state index in [1.165, 1.54) is 77.0 Å². The monoisotopic (exact) mass is 309 g/mol. The zero-order valence-corrected chi connectivity index (χ0v) is 14.5. The topological polar surface area (TPSA) is 61.1 Å². The first kappa shape index (κ1) is 21.0. The van der Waals surface area contributed by atoms with Gasteiger partial charge in [-0.2, -0.15) is 5.26 Å². The smallest absolute Gasteiger partial charge is 0.320 e. The fourth-order valence-electron chi connectivity index (χ4n) is 2.79. The maximum atomic E-state index is 10.7. The molecule has 0 fully saturated rings. The third-order valence-electron chi connectivity index (χ3n) is 4.30. The van der Waals surface area contributed by atoms with Crippen molar-refractivity contribution in [3.8, 4) is 6.07 Å². The van der Waals surface area contributed by atoms with Crippen LogP contribution in [-0.2, 0) is 4.79 Å². The lowest BCUT2D eigenvalue weighted by atomic mass is 10.0. The van der Waals surface area contributed by atoms with Crippen molar-refractivity contribution < 1.29 is 9.90 Å². The Kier molecular flexibility index (Phi) is 15.6. The van der Waals surface area contributed by atoms with Crippen molar-refractivity contribution in [2.75, 3.05) is 0 Å². The molecule has 0 aliphatic rings. The number of nitrogens with zero attached hydrogens (tertiary/aromatic N) is 1. The van der Waals surface area contributed by atoms with Crippen LogP contribution in [0, 0.1) is 17.2 Å². The molecule has 0 amide bonds. The molecule has 0 spiro atoms. The van der Waals surface area contributed by atoms with Crippen LogP contribution in [0.15, 0.2) is 0 Å². The third kappa shape index (κ3) is 13.9. The van der Waals surface area contributed by atoms with Crippen molar-refractivity contribution in [1.29, 1.82) is 5.26 Å². The molecule has 0 unspecified atom stereocenters. The molecule has 1 N–H and O–H groups in total. The molecule has 0 aromatic carbocycles. The average Bonchev–Trinajstić information content (AvgIpc) is 2.51. The highest BCUT2D eigenvalue weighted by molar-refractivity contribution is 5.72. The fraction of sp³-hybridized carbons (Fsp3) is 0.895. The normalized spacial score (nSPS) is 12.0. The van der Waals surface area contributed by atoms with E-state index in [1.54, 1.807) is 0 Å². The number of carboxylic acid groups (broad SMARTS) is 1. The molecule has 1 atom stereocenters. The molecule has 3 heteroatoms. The lowest BCUT2D eigenvalue weighted by molar-refractivity contribution is -0.140. The summed E-state index contributed by atoms with van der Waals surface area (Å²) in [6, 6.07) is 1.85. The highest BCUT2D eigenvalue weighted by atomic mass is 16.4. The largest absolute Gasteiger partial charge is 0.480 e. The number of aliphatic carboxylic acids is 1. The molecule has 0 aromatic rings. The molecule has 0 rings (SSSR count). The summed E-state index contributed by atoms with van der Waals surface area (Å²) in [4.78, 5) is 10.7. The Morgan fingerprint density at radius 1 is 0.818 bits per heavy atom. The summed E-state index contributed by atoms with van der Waals surface area (Å²) in [5, 5.41) is 17.4. The van der Waals surface area contributed by atoms with Gasteiger partial charge in [-0.3, -0.25) is 4.79 Å². The molecule has 0 aliphatic heterocycles. The number of carboxylic acids is 1. The summed E-state index contributed by atoms with van der Waals surface area (Å²) in [5.41, 5.74) is 0. The average molecular weight is 309 g/mol. The predicted octanol–water partition coefficient (Wildman–Crippen LogP) is 6.08. The SMILES string of the molecule is CCCCCCCCCCCCCCCC[C@@H](C#N)C(=O)O. The summed E-state index contributed by atoms with van der Waals surface area (Å²) >= 11 is 0. The Bertz CT molecular complexity index is 296. The van der Waals surface area contributed by atoms with Crippen LogP contribution in [0.2, 0.25) is 0 Å². The van der Waals surface area contributed by atoms with E-state index in [0.29, 0.717) is 6.42 Å². The Morgan fingerprint density at radius 3 is 1.50 bits per heavy atom. The van der Waals surface area contributed by atoms with Gasteiger partial charge in [0.05, 0.1) is 6.07 Å². The fourth-order valence-corrected chi connectivity index (χ4v) is 2.79. The van der Waals surface area contributed by atoms with Crippen LogP contribution in [0.25, 0.3) is 0 Å². The van der Waals surface area contributed by atoms with Gasteiger partial charge in [0.15, 0.2) is 0 Å². The van der Waals surface area contributed by atoms with E-state index in [4.69, 9.17) is 10.4 Å². The number of carbonyl (C=O) groups is 1. The molecule has 0 aliphatic carbocycles. The summed E-state index contributed by atoms with van der Waals surface area (Å²) in [6.45, 7) is 2.26. The molecule has 128 valence electrons. The molecular formula is C19H35NO2. The standard InChI is InChI=1S/C19H35NO2/c1-2-3-4-5-6-7-8-9-10-11-12-13-14-15-16-18(17-20)19(21)22/h18H,2-16H2,1H3,(H,21,22)/t18-/m0/s1. The molecule has 3 nitrogen and oxygen atoms in total. The van der Waals surface area contributed by atoms with Crippen LogP contribution in [0.4, 0.5) is 0 Å². The van der Waals surface area contributed by atoms with Crippen molar-refractivity contribution in [1.82, 2.24) is 0 Å². The number of hydrogen-bond donors (Lipinski definition) is 1. The predicted molar refractivity (Wildman–Crippen MR) is 91.7 cm³/mol. The highest BCUT2D eigenvalue weighted by Gasteiger charge is 2.14. The zero-order valence-electron chi connectivity index (χ0n) is 14.5. The summed E-state index contributed by atoms with van der Waals surface area (Å²) in [7, 11) is 0. The second-order valence-electron chi connectivity index (χ2n) is 6.40. The van der Waals surface area contributed by atoms with Gasteiger partial charge in [-0.05, 0) is 6.42 Å². The van der Waals surface area contributed by atoms with Gasteiger partial charge in [0.25, 0.3) is 0 Å². The molecule has 0 saturated heterocycles. The lowest BCUT2D eigenvalue weighted by Crippen LogP contribution is -2.10. The minimum Gasteiger partial charge on any atom is -0.480 e. The first-order valence-electron chi connectivity index (χ1n) is 9.34. The van der Waals surface area contributed by atoms with Crippen LogP contribution in [0.5, 0.6) is 0 Å². The number of rotatable bonds is 16. The van der Waals surface area contributed by atoms with E-state index >= 15 is 0 Å². The maximum Gasteiger partial charge on any atom is 0.320 e. The van der Waals surface area contributed by atoms with Crippen LogP contribution in [-0.4, -0.2) is 11.1 Å². The Labute approximate surface area is 137 Å². The second-order valence-corrected chi connectivity index (χ2v) is 6.40. The third-order valence-corrected chi connectivity index (χ3v) is 4.30. The molecule has 0 heterocycles. The molecular weight excluding hydrogens is 274 g/mol. The van der Waals surface area contributed by atoms with Crippen molar-refractivity contribution in [3.63, 3.8) is 0 Å². The van der Waals surface area contributed by atoms with Crippen LogP contribution in [0.3, 0.4) is 0 Å². The second kappa shape index (κ2) is 16.3. The van der Waals surface area contributed by atoms with Crippen molar-refractivity contribution in [2.24, 2.45) is 5.92 Å². The summed E-state index contributed by atoms with van der Waals surface area (Å²) in [5.74, 6) is -1.78. The Morgan fingerprint density at radius 2 is 1.18 bits per heavy atom. The van der Waals surface area contributed by atoms with Gasteiger partial charge in [-0.15, -0.1) is 0 Å². The molecule has 22 heavy (non-hydrogen) atoms. The number of nitriles is 1. The minimum atomic E-state index is -0.975. The molecule has 0 radical (unpaired) electrons. The van der Waals surface area contributed by atoms with Gasteiger partial charge < -0.3 is 5.11 Å².